The highest BCUT2D eigenvalue weighted by molar-refractivity contribution is 9.10. The molecule has 1 aliphatic heterocycles. The number of hydrogen-bond acceptors (Lipinski definition) is 4. The van der Waals surface area contributed by atoms with Crippen molar-refractivity contribution in [3.63, 3.8) is 0 Å². The van der Waals surface area contributed by atoms with E-state index in [0.29, 0.717) is 16.7 Å². The van der Waals surface area contributed by atoms with Gasteiger partial charge in [0.05, 0.1) is 0 Å². The van der Waals surface area contributed by atoms with Gasteiger partial charge in [-0.25, -0.2) is 4.79 Å². The first-order valence-electron chi connectivity index (χ1n) is 5.71. The molecule has 20 heavy (non-hydrogen) atoms. The van der Waals surface area contributed by atoms with Crippen LogP contribution in [0.2, 0.25) is 0 Å². The summed E-state index contributed by atoms with van der Waals surface area (Å²) in [5.41, 5.74) is 0. The molecule has 3 nitrogen and oxygen atoms in total. The molecular weight excluding hydrogens is 347 g/mol. The molecule has 0 N–H and O–H groups in total. The van der Waals surface area contributed by atoms with Gasteiger partial charge in [-0.05, 0) is 48.2 Å². The van der Waals surface area contributed by atoms with Crippen molar-refractivity contribution in [1.29, 1.82) is 0 Å². The number of para-hydroxylation sites is 2. The van der Waals surface area contributed by atoms with Gasteiger partial charge in [-0.3, -0.25) is 0 Å². The zero-order valence-corrected chi connectivity index (χ0v) is 12.4. The summed E-state index contributed by atoms with van der Waals surface area (Å²) in [4.78, 5) is 12.4. The maximum Gasteiger partial charge on any atom is 0.402 e. The summed E-state index contributed by atoms with van der Waals surface area (Å²) < 4.78 is 25.7. The van der Waals surface area contributed by atoms with Crippen LogP contribution in [0.5, 0.6) is 11.5 Å². The molecule has 1 atom stereocenters. The van der Waals surface area contributed by atoms with Gasteiger partial charge in [0.15, 0.2) is 11.5 Å². The Kier molecular flexibility index (Phi) is 3.43. The maximum atomic E-state index is 14.7. The number of ether oxygens (including phenoxy) is 2. The molecule has 0 amide bonds. The molecule has 102 valence electrons. The number of carbonyl (C=O) groups excluding carboxylic acids is 1. The Balaban J connectivity index is 1.88. The first-order chi connectivity index (χ1) is 9.57. The molecule has 2 aromatic carbocycles. The summed E-state index contributed by atoms with van der Waals surface area (Å²) in [7, 11) is 0. The molecule has 3 rings (SSSR count). The van der Waals surface area contributed by atoms with Crippen molar-refractivity contribution in [2.45, 2.75) is 10.1 Å². The van der Waals surface area contributed by atoms with Crippen molar-refractivity contribution >= 4 is 33.7 Å². The van der Waals surface area contributed by atoms with E-state index in [-0.39, 0.29) is 11.5 Å². The third-order valence-electron chi connectivity index (χ3n) is 2.60. The number of fused-ring (bicyclic) bond motifs is 1. The first kappa shape index (κ1) is 13.5. The summed E-state index contributed by atoms with van der Waals surface area (Å²) in [5.74, 6) is -0.634. The van der Waals surface area contributed by atoms with E-state index < -0.39 is 11.2 Å². The summed E-state index contributed by atoms with van der Waals surface area (Å²) in [6, 6.07) is 13.4. The monoisotopic (exact) mass is 354 g/mol. The van der Waals surface area contributed by atoms with Crippen LogP contribution in [0, 0.1) is 0 Å². The van der Waals surface area contributed by atoms with E-state index in [9.17, 15) is 9.18 Å². The lowest BCUT2D eigenvalue weighted by molar-refractivity contribution is -0.159. The average Bonchev–Trinajstić information content (AvgIpc) is 2.43. The Morgan fingerprint density at radius 1 is 1.05 bits per heavy atom. The summed E-state index contributed by atoms with van der Waals surface area (Å²) in [5, 5.41) is -2.58. The second-order valence-electron chi connectivity index (χ2n) is 4.03. The number of thioether (sulfide) groups is 1. The van der Waals surface area contributed by atoms with Crippen LogP contribution in [0.4, 0.5) is 4.39 Å². The maximum absolute atomic E-state index is 14.7. The van der Waals surface area contributed by atoms with Crippen molar-refractivity contribution < 1.29 is 18.7 Å². The number of alkyl halides is 1. The average molecular weight is 355 g/mol. The van der Waals surface area contributed by atoms with E-state index in [2.05, 4.69) is 15.9 Å². The Morgan fingerprint density at radius 3 is 2.40 bits per heavy atom. The van der Waals surface area contributed by atoms with E-state index in [4.69, 9.17) is 9.47 Å². The number of benzene rings is 2. The molecule has 0 radical (unpaired) electrons. The molecule has 0 fully saturated rings. The van der Waals surface area contributed by atoms with E-state index in [1.54, 1.807) is 48.5 Å². The van der Waals surface area contributed by atoms with Gasteiger partial charge in [0.2, 0.25) is 0 Å². The molecule has 1 heterocycles. The molecule has 0 aromatic heterocycles. The largest absolute Gasteiger partial charge is 0.436 e. The normalized spacial score (nSPS) is 20.8. The van der Waals surface area contributed by atoms with Gasteiger partial charge in [0.25, 0.3) is 0 Å². The van der Waals surface area contributed by atoms with E-state index in [1.807, 2.05) is 0 Å². The van der Waals surface area contributed by atoms with E-state index >= 15 is 0 Å². The minimum absolute atomic E-state index is 0.208. The molecule has 0 saturated heterocycles. The Labute approximate surface area is 127 Å². The smallest absolute Gasteiger partial charge is 0.402 e. The second-order valence-corrected chi connectivity index (χ2v) is 6.15. The number of esters is 1. The van der Waals surface area contributed by atoms with Crippen LogP contribution in [-0.2, 0) is 4.79 Å². The van der Waals surface area contributed by atoms with Gasteiger partial charge in [0, 0.05) is 9.37 Å². The molecule has 0 bridgehead atoms. The summed E-state index contributed by atoms with van der Waals surface area (Å²) >= 11 is 3.95. The number of halogens is 2. The number of hydrogen-bond donors (Lipinski definition) is 0. The zero-order chi connectivity index (χ0) is 14.2. The zero-order valence-electron chi connectivity index (χ0n) is 10.0. The first-order valence-corrected chi connectivity index (χ1v) is 7.32. The molecule has 0 aliphatic carbocycles. The quantitative estimate of drug-likeness (QED) is 0.599. The van der Waals surface area contributed by atoms with Crippen LogP contribution >= 0.6 is 27.7 Å². The topological polar surface area (TPSA) is 35.5 Å². The Morgan fingerprint density at radius 2 is 1.70 bits per heavy atom. The van der Waals surface area contributed by atoms with Gasteiger partial charge in [-0.1, -0.05) is 28.1 Å². The molecule has 2 aromatic rings. The van der Waals surface area contributed by atoms with Crippen LogP contribution < -0.4 is 9.47 Å². The fraction of sp³-hybridized carbons (Fsp3) is 0.0714. The lowest BCUT2D eigenvalue weighted by Gasteiger charge is -2.28. The van der Waals surface area contributed by atoms with Gasteiger partial charge in [-0.15, -0.1) is 0 Å². The van der Waals surface area contributed by atoms with Gasteiger partial charge < -0.3 is 9.47 Å². The number of rotatable bonds is 2. The van der Waals surface area contributed by atoms with Gasteiger partial charge >= 0.3 is 11.2 Å². The summed E-state index contributed by atoms with van der Waals surface area (Å²) in [6.45, 7) is 0. The highest BCUT2D eigenvalue weighted by atomic mass is 79.9. The van der Waals surface area contributed by atoms with Crippen molar-refractivity contribution in [3.8, 4) is 11.5 Å². The fourth-order valence-corrected chi connectivity index (χ4v) is 2.78. The lowest BCUT2D eigenvalue weighted by Crippen LogP contribution is -2.42. The van der Waals surface area contributed by atoms with Crippen LogP contribution in [0.3, 0.4) is 0 Å². The van der Waals surface area contributed by atoms with Gasteiger partial charge in [-0.2, -0.15) is 4.39 Å². The second kappa shape index (κ2) is 5.10. The van der Waals surface area contributed by atoms with Crippen molar-refractivity contribution in [2.24, 2.45) is 0 Å². The van der Waals surface area contributed by atoms with Crippen molar-refractivity contribution in [2.75, 3.05) is 0 Å². The summed E-state index contributed by atoms with van der Waals surface area (Å²) in [6.07, 6.45) is 0. The molecule has 1 aliphatic rings. The lowest BCUT2D eigenvalue weighted by atomic mass is 10.3. The van der Waals surface area contributed by atoms with Crippen LogP contribution in [0.1, 0.15) is 0 Å². The van der Waals surface area contributed by atoms with Crippen LogP contribution in [0.15, 0.2) is 57.9 Å². The SMILES string of the molecule is O=C1Oc2ccccc2OC1(F)Sc1ccc(Br)cc1. The predicted molar refractivity (Wildman–Crippen MR) is 76.5 cm³/mol. The molecule has 1 unspecified atom stereocenters. The van der Waals surface area contributed by atoms with Crippen molar-refractivity contribution in [3.05, 3.63) is 53.0 Å². The minimum Gasteiger partial charge on any atom is -0.436 e. The minimum atomic E-state index is -2.58. The van der Waals surface area contributed by atoms with Crippen molar-refractivity contribution in [1.82, 2.24) is 0 Å². The van der Waals surface area contributed by atoms with Crippen LogP contribution in [0.25, 0.3) is 0 Å². The predicted octanol–water partition coefficient (Wildman–Crippen LogP) is 4.16. The molecule has 0 spiro atoms. The third kappa shape index (κ3) is 2.53. The van der Waals surface area contributed by atoms with E-state index in [1.165, 1.54) is 0 Å². The van der Waals surface area contributed by atoms with Gasteiger partial charge in [0.1, 0.15) is 0 Å². The third-order valence-corrected chi connectivity index (χ3v) is 4.15. The van der Waals surface area contributed by atoms with E-state index in [0.717, 1.165) is 4.47 Å². The highest BCUT2D eigenvalue weighted by Crippen LogP contribution is 2.44. The standard InChI is InChI=1S/C14H8BrFO3S/c15-9-5-7-10(8-6-9)20-14(16)13(17)18-11-3-1-2-4-12(11)19-14/h1-8H. The Bertz CT molecular complexity index is 662. The molecule has 0 saturated carbocycles. The molecule has 6 heteroatoms. The number of carbonyl (C=O) groups is 1. The highest BCUT2D eigenvalue weighted by Gasteiger charge is 2.49. The Hall–Kier alpha value is -1.53. The molecular formula is C14H8BrFO3S. The fourth-order valence-electron chi connectivity index (χ4n) is 1.68. The van der Waals surface area contributed by atoms with Crippen LogP contribution in [-0.4, -0.2) is 11.2 Å².